The standard InChI is InChI=1S/C20H30N2O2/c1-2-3-11-20(24)21-18(16-22-14-7-8-15-22)19(23)13-12-17-9-5-4-6-10-17/h4-6,9-10,12-13,18-19,23H,2-3,7-8,11,14-16H2,1H3,(H,21,24)/b13-12+/t18-,19-/m1/s1. The first-order valence-corrected chi connectivity index (χ1v) is 9.12. The van der Waals surface area contributed by atoms with Crippen LogP contribution in [0.3, 0.4) is 0 Å². The van der Waals surface area contributed by atoms with Gasteiger partial charge in [0.2, 0.25) is 5.91 Å². The Labute approximate surface area is 145 Å². The topological polar surface area (TPSA) is 52.6 Å². The van der Waals surface area contributed by atoms with E-state index in [9.17, 15) is 9.90 Å². The van der Waals surface area contributed by atoms with E-state index < -0.39 is 6.10 Å². The Hall–Kier alpha value is -1.65. The number of carbonyl (C=O) groups is 1. The number of nitrogens with zero attached hydrogens (tertiary/aromatic N) is 1. The Morgan fingerprint density at radius 1 is 1.29 bits per heavy atom. The number of aliphatic hydroxyl groups is 1. The lowest BCUT2D eigenvalue weighted by atomic mass is 10.1. The van der Waals surface area contributed by atoms with Gasteiger partial charge >= 0.3 is 0 Å². The first-order valence-electron chi connectivity index (χ1n) is 9.12. The minimum atomic E-state index is -0.684. The summed E-state index contributed by atoms with van der Waals surface area (Å²) in [6.45, 7) is 4.89. The molecular weight excluding hydrogens is 300 g/mol. The molecule has 0 aliphatic carbocycles. The fraction of sp³-hybridized carbons (Fsp3) is 0.550. The van der Waals surface area contributed by atoms with Crippen LogP contribution in [-0.4, -0.2) is 47.7 Å². The van der Waals surface area contributed by atoms with Crippen molar-refractivity contribution in [2.24, 2.45) is 0 Å². The van der Waals surface area contributed by atoms with Gasteiger partial charge in [0, 0.05) is 13.0 Å². The first kappa shape index (κ1) is 18.7. The summed E-state index contributed by atoms with van der Waals surface area (Å²) in [5.74, 6) is 0.0354. The van der Waals surface area contributed by atoms with Crippen LogP contribution in [0.1, 0.15) is 44.6 Å². The second kappa shape index (κ2) is 10.3. The number of likely N-dealkylation sites (tertiary alicyclic amines) is 1. The molecule has 4 heteroatoms. The van der Waals surface area contributed by atoms with Crippen LogP contribution >= 0.6 is 0 Å². The maximum absolute atomic E-state index is 12.1. The zero-order valence-electron chi connectivity index (χ0n) is 14.7. The molecule has 0 spiro atoms. The molecule has 1 heterocycles. The van der Waals surface area contributed by atoms with Gasteiger partial charge in [0.1, 0.15) is 0 Å². The second-order valence-electron chi connectivity index (χ2n) is 6.55. The van der Waals surface area contributed by atoms with Crippen LogP contribution in [0, 0.1) is 0 Å². The number of carbonyl (C=O) groups excluding carboxylic acids is 1. The number of hydrogen-bond donors (Lipinski definition) is 2. The third-order valence-electron chi connectivity index (χ3n) is 4.46. The summed E-state index contributed by atoms with van der Waals surface area (Å²) >= 11 is 0. The zero-order valence-corrected chi connectivity index (χ0v) is 14.7. The molecule has 1 aliphatic heterocycles. The summed E-state index contributed by atoms with van der Waals surface area (Å²) in [4.78, 5) is 14.4. The molecule has 1 fully saturated rings. The molecule has 1 aromatic carbocycles. The molecule has 2 N–H and O–H groups in total. The SMILES string of the molecule is CCCCC(=O)N[C@H](CN1CCCC1)[C@H](O)/C=C/c1ccccc1. The van der Waals surface area contributed by atoms with E-state index in [4.69, 9.17) is 0 Å². The molecule has 1 amide bonds. The number of nitrogens with one attached hydrogen (secondary N) is 1. The number of rotatable bonds is 9. The highest BCUT2D eigenvalue weighted by molar-refractivity contribution is 5.76. The van der Waals surface area contributed by atoms with Crippen molar-refractivity contribution >= 4 is 12.0 Å². The van der Waals surface area contributed by atoms with Crippen molar-refractivity contribution in [3.63, 3.8) is 0 Å². The Morgan fingerprint density at radius 2 is 2.00 bits per heavy atom. The monoisotopic (exact) mass is 330 g/mol. The van der Waals surface area contributed by atoms with E-state index in [1.165, 1.54) is 12.8 Å². The predicted molar refractivity (Wildman–Crippen MR) is 98.6 cm³/mol. The minimum absolute atomic E-state index is 0.0354. The van der Waals surface area contributed by atoms with Crippen LogP contribution < -0.4 is 5.32 Å². The molecule has 2 atom stereocenters. The van der Waals surface area contributed by atoms with Gasteiger partial charge in [-0.25, -0.2) is 0 Å². The molecule has 132 valence electrons. The maximum Gasteiger partial charge on any atom is 0.220 e. The number of benzene rings is 1. The number of hydrogen-bond acceptors (Lipinski definition) is 3. The fourth-order valence-corrected chi connectivity index (χ4v) is 3.01. The smallest absolute Gasteiger partial charge is 0.220 e. The summed E-state index contributed by atoms with van der Waals surface area (Å²) < 4.78 is 0. The van der Waals surface area contributed by atoms with Crippen LogP contribution in [0.5, 0.6) is 0 Å². The van der Waals surface area contributed by atoms with E-state index in [2.05, 4.69) is 17.1 Å². The zero-order chi connectivity index (χ0) is 17.2. The predicted octanol–water partition coefficient (Wildman–Crippen LogP) is 2.83. The van der Waals surface area contributed by atoms with E-state index in [1.54, 1.807) is 6.08 Å². The lowest BCUT2D eigenvalue weighted by Gasteiger charge is -2.27. The van der Waals surface area contributed by atoms with Gasteiger partial charge < -0.3 is 15.3 Å². The van der Waals surface area contributed by atoms with Gasteiger partial charge in [-0.15, -0.1) is 0 Å². The Morgan fingerprint density at radius 3 is 2.67 bits per heavy atom. The van der Waals surface area contributed by atoms with Crippen molar-refractivity contribution in [1.82, 2.24) is 10.2 Å². The third-order valence-corrected chi connectivity index (χ3v) is 4.46. The van der Waals surface area contributed by atoms with E-state index in [1.807, 2.05) is 36.4 Å². The summed E-state index contributed by atoms with van der Waals surface area (Å²) in [6.07, 6.45) is 7.84. The minimum Gasteiger partial charge on any atom is -0.387 e. The van der Waals surface area contributed by atoms with Crippen LogP contribution in [0.15, 0.2) is 36.4 Å². The molecule has 0 unspecified atom stereocenters. The Balaban J connectivity index is 1.96. The van der Waals surface area contributed by atoms with Gasteiger partial charge in [-0.05, 0) is 37.9 Å². The van der Waals surface area contributed by atoms with Crippen molar-refractivity contribution in [2.45, 2.75) is 51.2 Å². The Kier molecular flexibility index (Phi) is 7.99. The van der Waals surface area contributed by atoms with E-state index in [-0.39, 0.29) is 11.9 Å². The van der Waals surface area contributed by atoms with Gasteiger partial charge in [0.15, 0.2) is 0 Å². The van der Waals surface area contributed by atoms with Gasteiger partial charge in [-0.3, -0.25) is 4.79 Å². The molecule has 1 aromatic rings. The molecule has 0 aromatic heterocycles. The van der Waals surface area contributed by atoms with Gasteiger partial charge in [0.05, 0.1) is 12.1 Å². The van der Waals surface area contributed by atoms with Crippen molar-refractivity contribution in [3.05, 3.63) is 42.0 Å². The van der Waals surface area contributed by atoms with Crippen LogP contribution in [-0.2, 0) is 4.79 Å². The molecule has 0 radical (unpaired) electrons. The highest BCUT2D eigenvalue weighted by Gasteiger charge is 2.23. The lowest BCUT2D eigenvalue weighted by Crippen LogP contribution is -2.49. The summed E-state index contributed by atoms with van der Waals surface area (Å²) in [6, 6.07) is 9.66. The number of amides is 1. The number of aliphatic hydroxyl groups excluding tert-OH is 1. The third kappa shape index (κ3) is 6.46. The molecule has 1 saturated heterocycles. The number of unbranched alkanes of at least 4 members (excludes halogenated alkanes) is 1. The highest BCUT2D eigenvalue weighted by Crippen LogP contribution is 2.11. The van der Waals surface area contributed by atoms with Crippen molar-refractivity contribution in [3.8, 4) is 0 Å². The largest absolute Gasteiger partial charge is 0.387 e. The van der Waals surface area contributed by atoms with Crippen molar-refractivity contribution < 1.29 is 9.90 Å². The van der Waals surface area contributed by atoms with Crippen LogP contribution in [0.4, 0.5) is 0 Å². The average Bonchev–Trinajstić information content (AvgIpc) is 3.11. The van der Waals surface area contributed by atoms with Crippen LogP contribution in [0.25, 0.3) is 6.08 Å². The molecular formula is C20H30N2O2. The fourth-order valence-electron chi connectivity index (χ4n) is 3.01. The van der Waals surface area contributed by atoms with E-state index in [0.717, 1.165) is 31.5 Å². The van der Waals surface area contributed by atoms with Gasteiger partial charge in [-0.2, -0.15) is 0 Å². The first-order chi connectivity index (χ1) is 11.7. The summed E-state index contributed by atoms with van der Waals surface area (Å²) in [7, 11) is 0. The van der Waals surface area contributed by atoms with E-state index in [0.29, 0.717) is 13.0 Å². The Bertz CT molecular complexity index is 510. The quantitative estimate of drug-likeness (QED) is 0.732. The van der Waals surface area contributed by atoms with Crippen LogP contribution in [0.2, 0.25) is 0 Å². The van der Waals surface area contributed by atoms with Gasteiger partial charge in [0.25, 0.3) is 0 Å². The maximum atomic E-state index is 12.1. The molecule has 1 aliphatic rings. The molecule has 0 saturated carbocycles. The molecule has 2 rings (SSSR count). The van der Waals surface area contributed by atoms with Gasteiger partial charge in [-0.1, -0.05) is 55.8 Å². The van der Waals surface area contributed by atoms with E-state index >= 15 is 0 Å². The second-order valence-corrected chi connectivity index (χ2v) is 6.55. The van der Waals surface area contributed by atoms with Crippen molar-refractivity contribution in [1.29, 1.82) is 0 Å². The lowest BCUT2D eigenvalue weighted by molar-refractivity contribution is -0.122. The van der Waals surface area contributed by atoms with Crippen molar-refractivity contribution in [2.75, 3.05) is 19.6 Å². The average molecular weight is 330 g/mol. The normalized spacial score (nSPS) is 17.9. The summed E-state index contributed by atoms with van der Waals surface area (Å²) in [5, 5.41) is 13.6. The highest BCUT2D eigenvalue weighted by atomic mass is 16.3. The molecule has 0 bridgehead atoms. The molecule has 4 nitrogen and oxygen atoms in total. The molecule has 24 heavy (non-hydrogen) atoms. The summed E-state index contributed by atoms with van der Waals surface area (Å²) in [5.41, 5.74) is 1.05.